The number of rotatable bonds is 5. The van der Waals surface area contributed by atoms with Crippen LogP contribution in [0, 0.1) is 0 Å². The van der Waals surface area contributed by atoms with Crippen LogP contribution >= 0.6 is 0 Å². The molecule has 252 valence electrons. The molecule has 2 nitrogen and oxygen atoms in total. The molecule has 54 heavy (non-hydrogen) atoms. The molecule has 0 aliphatic rings. The molecule has 0 radical (unpaired) electrons. The predicted octanol–water partition coefficient (Wildman–Crippen LogP) is 15.0. The SMILES string of the molecule is c1ccc2c(c1)cc(-c1ccc(N(c3ccc(-c4cc5ccccc5c5ccccc45)cc3)c3ccc4oc5ccccc5c4c3)cc1)c1ccccc12. The highest BCUT2D eigenvalue weighted by molar-refractivity contribution is 6.15. The highest BCUT2D eigenvalue weighted by Crippen LogP contribution is 2.42. The molecule has 10 aromatic carbocycles. The first-order chi connectivity index (χ1) is 26.8. The molecule has 0 aliphatic carbocycles. The molecule has 11 rings (SSSR count). The topological polar surface area (TPSA) is 16.4 Å². The Labute approximate surface area is 312 Å². The van der Waals surface area contributed by atoms with Gasteiger partial charge in [0.1, 0.15) is 11.2 Å². The minimum absolute atomic E-state index is 0.886. The van der Waals surface area contributed by atoms with Crippen molar-refractivity contribution >= 4 is 82.1 Å². The molecule has 0 spiro atoms. The summed E-state index contributed by atoms with van der Waals surface area (Å²) in [6.45, 7) is 0. The Hall–Kier alpha value is -7.16. The molecule has 2 heteroatoms. The van der Waals surface area contributed by atoms with E-state index in [-0.39, 0.29) is 0 Å². The molecule has 1 aromatic heterocycles. The normalized spacial score (nSPS) is 11.7. The van der Waals surface area contributed by atoms with E-state index in [4.69, 9.17) is 4.42 Å². The Balaban J connectivity index is 1.06. The van der Waals surface area contributed by atoms with Crippen LogP contribution in [0.4, 0.5) is 17.1 Å². The summed E-state index contributed by atoms with van der Waals surface area (Å²) < 4.78 is 6.24. The van der Waals surface area contributed by atoms with Gasteiger partial charge in [-0.1, -0.05) is 140 Å². The third kappa shape index (κ3) is 4.88. The lowest BCUT2D eigenvalue weighted by Gasteiger charge is -2.26. The fourth-order valence-corrected chi connectivity index (χ4v) is 8.47. The summed E-state index contributed by atoms with van der Waals surface area (Å²) in [5.41, 5.74) is 9.88. The van der Waals surface area contributed by atoms with Gasteiger partial charge in [-0.05, 0) is 126 Å². The Kier molecular flexibility index (Phi) is 6.90. The van der Waals surface area contributed by atoms with E-state index in [1.54, 1.807) is 0 Å². The van der Waals surface area contributed by atoms with Gasteiger partial charge in [-0.15, -0.1) is 0 Å². The number of hydrogen-bond donors (Lipinski definition) is 0. The van der Waals surface area contributed by atoms with Gasteiger partial charge < -0.3 is 9.32 Å². The van der Waals surface area contributed by atoms with Crippen LogP contribution in [0.2, 0.25) is 0 Å². The second-order valence-corrected chi connectivity index (χ2v) is 14.1. The summed E-state index contributed by atoms with van der Waals surface area (Å²) in [7, 11) is 0. The molecule has 0 N–H and O–H groups in total. The molecule has 0 atom stereocenters. The predicted molar refractivity (Wildman–Crippen MR) is 229 cm³/mol. The van der Waals surface area contributed by atoms with Crippen molar-refractivity contribution in [3.63, 3.8) is 0 Å². The largest absolute Gasteiger partial charge is 0.456 e. The lowest BCUT2D eigenvalue weighted by Crippen LogP contribution is -2.09. The fraction of sp³-hybridized carbons (Fsp3) is 0. The zero-order valence-corrected chi connectivity index (χ0v) is 29.4. The van der Waals surface area contributed by atoms with Gasteiger partial charge in [0.05, 0.1) is 0 Å². The minimum Gasteiger partial charge on any atom is -0.456 e. The molecule has 1 heterocycles. The Bertz CT molecular complexity index is 3050. The van der Waals surface area contributed by atoms with E-state index in [0.717, 1.165) is 39.0 Å². The zero-order chi connectivity index (χ0) is 35.6. The number of anilines is 3. The average molecular weight is 688 g/mol. The molecule has 0 bridgehead atoms. The van der Waals surface area contributed by atoms with Crippen LogP contribution < -0.4 is 4.90 Å². The van der Waals surface area contributed by atoms with Crippen LogP contribution in [-0.4, -0.2) is 0 Å². The van der Waals surface area contributed by atoms with Crippen LogP contribution in [0.1, 0.15) is 0 Å². The highest BCUT2D eigenvalue weighted by Gasteiger charge is 2.17. The van der Waals surface area contributed by atoms with E-state index < -0.39 is 0 Å². The van der Waals surface area contributed by atoms with Gasteiger partial charge in [0.2, 0.25) is 0 Å². The van der Waals surface area contributed by atoms with Gasteiger partial charge in [-0.25, -0.2) is 0 Å². The van der Waals surface area contributed by atoms with Gasteiger partial charge in [-0.3, -0.25) is 0 Å². The summed E-state index contributed by atoms with van der Waals surface area (Å²) in [5.74, 6) is 0. The van der Waals surface area contributed by atoms with Crippen molar-refractivity contribution in [2.24, 2.45) is 0 Å². The summed E-state index contributed by atoms with van der Waals surface area (Å²) in [6, 6.07) is 72.4. The zero-order valence-electron chi connectivity index (χ0n) is 29.4. The van der Waals surface area contributed by atoms with E-state index in [9.17, 15) is 0 Å². The van der Waals surface area contributed by atoms with Gasteiger partial charge in [0.15, 0.2) is 0 Å². The van der Waals surface area contributed by atoms with Crippen LogP contribution in [0.5, 0.6) is 0 Å². The lowest BCUT2D eigenvalue weighted by molar-refractivity contribution is 0.669. The van der Waals surface area contributed by atoms with Crippen molar-refractivity contribution in [1.82, 2.24) is 0 Å². The highest BCUT2D eigenvalue weighted by atomic mass is 16.3. The standard InChI is InChI=1S/C52H33NO/c1-3-13-41-36(11-1)31-48(45-17-7-5-15-43(41)45)34-21-25-38(26-22-34)53(40-29-30-52-50(33-40)47-19-9-10-20-51(47)54-52)39-27-23-35(24-28-39)49-32-37-12-2-4-14-42(37)44-16-6-8-18-46(44)49/h1-33H. The molecule has 0 amide bonds. The Morgan fingerprint density at radius 2 is 0.685 bits per heavy atom. The quantitative estimate of drug-likeness (QED) is 0.168. The fourth-order valence-electron chi connectivity index (χ4n) is 8.47. The molecule has 0 saturated heterocycles. The van der Waals surface area contributed by atoms with Crippen LogP contribution in [0.25, 0.3) is 87.3 Å². The first-order valence-electron chi connectivity index (χ1n) is 18.5. The number of furan rings is 1. The van der Waals surface area contributed by atoms with Crippen molar-refractivity contribution < 1.29 is 4.42 Å². The maximum atomic E-state index is 6.24. The van der Waals surface area contributed by atoms with E-state index >= 15 is 0 Å². The second-order valence-electron chi connectivity index (χ2n) is 14.1. The molecule has 0 aliphatic heterocycles. The summed E-state index contributed by atoms with van der Waals surface area (Å²) in [4.78, 5) is 2.35. The first-order valence-corrected chi connectivity index (χ1v) is 18.5. The number of fused-ring (bicyclic) bond motifs is 9. The van der Waals surface area contributed by atoms with Crippen molar-refractivity contribution in [2.45, 2.75) is 0 Å². The monoisotopic (exact) mass is 687 g/mol. The van der Waals surface area contributed by atoms with E-state index in [1.807, 2.05) is 12.1 Å². The van der Waals surface area contributed by atoms with Gasteiger partial charge in [-0.2, -0.15) is 0 Å². The molecular formula is C52H33NO. The van der Waals surface area contributed by atoms with Crippen molar-refractivity contribution in [3.8, 4) is 22.3 Å². The Morgan fingerprint density at radius 3 is 1.22 bits per heavy atom. The smallest absolute Gasteiger partial charge is 0.135 e. The summed E-state index contributed by atoms with van der Waals surface area (Å²) in [6.07, 6.45) is 0. The average Bonchev–Trinajstić information content (AvgIpc) is 3.62. The second kappa shape index (κ2) is 12.2. The number of nitrogens with zero attached hydrogens (tertiary/aromatic N) is 1. The third-order valence-corrected chi connectivity index (χ3v) is 11.0. The number of para-hydroxylation sites is 1. The van der Waals surface area contributed by atoms with Gasteiger partial charge in [0.25, 0.3) is 0 Å². The number of benzene rings is 10. The summed E-state index contributed by atoms with van der Waals surface area (Å²) >= 11 is 0. The van der Waals surface area contributed by atoms with E-state index in [0.29, 0.717) is 0 Å². The van der Waals surface area contributed by atoms with E-state index in [1.165, 1.54) is 65.3 Å². The third-order valence-electron chi connectivity index (χ3n) is 11.0. The van der Waals surface area contributed by atoms with Crippen LogP contribution in [0.3, 0.4) is 0 Å². The summed E-state index contributed by atoms with van der Waals surface area (Å²) in [5, 5.41) is 12.3. The van der Waals surface area contributed by atoms with Gasteiger partial charge >= 0.3 is 0 Å². The van der Waals surface area contributed by atoms with Crippen molar-refractivity contribution in [1.29, 1.82) is 0 Å². The maximum absolute atomic E-state index is 6.24. The van der Waals surface area contributed by atoms with E-state index in [2.05, 4.69) is 193 Å². The van der Waals surface area contributed by atoms with Crippen molar-refractivity contribution in [3.05, 3.63) is 200 Å². The van der Waals surface area contributed by atoms with Crippen molar-refractivity contribution in [2.75, 3.05) is 4.90 Å². The van der Waals surface area contributed by atoms with Crippen LogP contribution in [-0.2, 0) is 0 Å². The lowest BCUT2D eigenvalue weighted by atomic mass is 9.93. The molecular weight excluding hydrogens is 655 g/mol. The minimum atomic E-state index is 0.886. The molecule has 11 aromatic rings. The first kappa shape index (κ1) is 30.5. The molecule has 0 fully saturated rings. The maximum Gasteiger partial charge on any atom is 0.135 e. The van der Waals surface area contributed by atoms with Crippen LogP contribution in [0.15, 0.2) is 205 Å². The molecule has 0 unspecified atom stereocenters. The number of hydrogen-bond acceptors (Lipinski definition) is 2. The van der Waals surface area contributed by atoms with Gasteiger partial charge in [0, 0.05) is 27.8 Å². The molecule has 0 saturated carbocycles. The Morgan fingerprint density at radius 1 is 0.278 bits per heavy atom.